The first-order valence-electron chi connectivity index (χ1n) is 14.5. The summed E-state index contributed by atoms with van der Waals surface area (Å²) in [5, 5.41) is 12.6. The van der Waals surface area contributed by atoms with Crippen molar-refractivity contribution in [2.45, 2.75) is 50.7 Å². The summed E-state index contributed by atoms with van der Waals surface area (Å²) in [7, 11) is 3.63. The van der Waals surface area contributed by atoms with Crippen molar-refractivity contribution >= 4 is 22.4 Å². The fourth-order valence-electron chi connectivity index (χ4n) is 6.24. The quantitative estimate of drug-likeness (QED) is 0.358. The van der Waals surface area contributed by atoms with Gasteiger partial charge in [0.05, 0.1) is 26.3 Å². The first kappa shape index (κ1) is 27.2. The molecule has 3 aromatic rings. The number of hydrogen-bond donors (Lipinski definition) is 3. The lowest BCUT2D eigenvalue weighted by molar-refractivity contribution is -0.121. The van der Waals surface area contributed by atoms with Crippen molar-refractivity contribution in [2.24, 2.45) is 0 Å². The van der Waals surface area contributed by atoms with Gasteiger partial charge in [0, 0.05) is 50.0 Å². The maximum Gasteiger partial charge on any atom is 0.244 e. The molecule has 3 heterocycles. The summed E-state index contributed by atoms with van der Waals surface area (Å²) in [6, 6.07) is 18.9. The van der Waals surface area contributed by atoms with E-state index in [9.17, 15) is 4.79 Å². The van der Waals surface area contributed by atoms with Gasteiger partial charge in [-0.2, -0.15) is 0 Å². The average Bonchev–Trinajstić information content (AvgIpc) is 3.79. The summed E-state index contributed by atoms with van der Waals surface area (Å²) in [6.07, 6.45) is 1.54. The zero-order valence-corrected chi connectivity index (χ0v) is 23.8. The van der Waals surface area contributed by atoms with Crippen LogP contribution in [-0.4, -0.2) is 75.6 Å². The van der Waals surface area contributed by atoms with E-state index in [0.717, 1.165) is 68.0 Å². The van der Waals surface area contributed by atoms with Crippen molar-refractivity contribution in [3.8, 4) is 5.75 Å². The minimum absolute atomic E-state index is 0.0671. The number of nitrogens with one attached hydrogen (secondary N) is 3. The van der Waals surface area contributed by atoms with Crippen LogP contribution in [0.2, 0.25) is 0 Å². The number of carbonyl (C=O) groups excluding carboxylic acids is 1. The molecule has 0 radical (unpaired) electrons. The fourth-order valence-corrected chi connectivity index (χ4v) is 6.24. The summed E-state index contributed by atoms with van der Waals surface area (Å²) in [5.74, 6) is 0.865. The Morgan fingerprint density at radius 2 is 1.93 bits per heavy atom. The highest BCUT2D eigenvalue weighted by Crippen LogP contribution is 2.36. The molecule has 8 nitrogen and oxygen atoms in total. The Labute approximate surface area is 237 Å². The topological polar surface area (TPSA) is 81.4 Å². The predicted octanol–water partition coefficient (Wildman–Crippen LogP) is 3.03. The molecular weight excluding hydrogens is 502 g/mol. The molecule has 8 heteroatoms. The summed E-state index contributed by atoms with van der Waals surface area (Å²) < 4.78 is 11.7. The maximum atomic E-state index is 14.3. The summed E-state index contributed by atoms with van der Waals surface area (Å²) >= 11 is 0. The van der Waals surface area contributed by atoms with Crippen LogP contribution in [0, 0.1) is 0 Å². The van der Waals surface area contributed by atoms with Crippen molar-refractivity contribution in [2.75, 3.05) is 51.8 Å². The zero-order chi connectivity index (χ0) is 27.7. The number of amides is 1. The van der Waals surface area contributed by atoms with E-state index < -0.39 is 5.72 Å². The van der Waals surface area contributed by atoms with E-state index >= 15 is 0 Å². The van der Waals surface area contributed by atoms with E-state index in [1.165, 1.54) is 16.5 Å². The Morgan fingerprint density at radius 3 is 2.67 bits per heavy atom. The Kier molecular flexibility index (Phi) is 7.79. The maximum absolute atomic E-state index is 14.3. The van der Waals surface area contributed by atoms with Gasteiger partial charge >= 0.3 is 0 Å². The number of aryl methyl sites for hydroxylation is 1. The molecule has 3 atom stereocenters. The van der Waals surface area contributed by atoms with E-state index in [1.54, 1.807) is 7.11 Å². The third kappa shape index (κ3) is 5.34. The minimum atomic E-state index is -0.505. The molecule has 2 fully saturated rings. The van der Waals surface area contributed by atoms with Gasteiger partial charge in [0.1, 0.15) is 5.75 Å². The Hall–Kier alpha value is -3.01. The lowest BCUT2D eigenvalue weighted by Crippen LogP contribution is -2.57. The number of para-hydroxylation sites is 1. The van der Waals surface area contributed by atoms with Crippen LogP contribution in [0.15, 0.2) is 54.6 Å². The van der Waals surface area contributed by atoms with Gasteiger partial charge in [-0.05, 0) is 66.9 Å². The van der Waals surface area contributed by atoms with Gasteiger partial charge in [0.15, 0.2) is 5.72 Å². The molecule has 40 heavy (non-hydrogen) atoms. The van der Waals surface area contributed by atoms with Gasteiger partial charge in [0.2, 0.25) is 5.91 Å². The van der Waals surface area contributed by atoms with E-state index in [-0.39, 0.29) is 18.0 Å². The number of hydrogen-bond acceptors (Lipinski definition) is 7. The summed E-state index contributed by atoms with van der Waals surface area (Å²) in [6.45, 7) is 8.27. The van der Waals surface area contributed by atoms with Crippen molar-refractivity contribution in [1.82, 2.24) is 20.9 Å². The monoisotopic (exact) mass is 543 g/mol. The second-order valence-electron chi connectivity index (χ2n) is 11.3. The van der Waals surface area contributed by atoms with Crippen LogP contribution >= 0.6 is 0 Å². The highest BCUT2D eigenvalue weighted by molar-refractivity contribution is 5.99. The number of ether oxygens (including phenoxy) is 2. The number of carbonyl (C=O) groups is 1. The molecule has 0 saturated carbocycles. The van der Waals surface area contributed by atoms with E-state index in [4.69, 9.17) is 9.47 Å². The van der Waals surface area contributed by atoms with Crippen molar-refractivity contribution in [3.63, 3.8) is 0 Å². The first-order valence-corrected chi connectivity index (χ1v) is 14.5. The van der Waals surface area contributed by atoms with Crippen LogP contribution < -0.4 is 25.6 Å². The molecule has 0 spiro atoms. The lowest BCUT2D eigenvalue weighted by atomic mass is 9.99. The normalized spacial score (nSPS) is 24.0. The fraction of sp³-hybridized carbons (Fsp3) is 0.469. The van der Waals surface area contributed by atoms with Gasteiger partial charge in [-0.3, -0.25) is 15.0 Å². The number of likely N-dealkylation sites (N-methyl/N-ethyl adjacent to an activating group) is 1. The molecule has 1 amide bonds. The van der Waals surface area contributed by atoms with Crippen LogP contribution in [0.25, 0.3) is 10.8 Å². The zero-order valence-electron chi connectivity index (χ0n) is 23.8. The predicted molar refractivity (Wildman–Crippen MR) is 159 cm³/mol. The van der Waals surface area contributed by atoms with Gasteiger partial charge in [-0.1, -0.05) is 36.4 Å². The van der Waals surface area contributed by atoms with Crippen LogP contribution in [0.4, 0.5) is 5.69 Å². The molecule has 0 bridgehead atoms. The molecule has 3 N–H and O–H groups in total. The number of fused-ring (bicyclic) bond motifs is 2. The van der Waals surface area contributed by atoms with Crippen molar-refractivity contribution in [1.29, 1.82) is 0 Å². The van der Waals surface area contributed by atoms with Crippen molar-refractivity contribution in [3.05, 3.63) is 71.3 Å². The minimum Gasteiger partial charge on any atom is -0.496 e. The standard InChI is InChI=1S/C32H41N5O3/c1-22(33-2)32(21-40-32)35-28-12-9-24-6-4-5-7-29(24)37(31(28)38)20-27-26-11-8-23(19-36-16-14-34-15-17-36)18-25(26)10-13-30(27)39-3/h4-8,10-11,13,18,22,28,33-35H,9,12,14-17,19-21H2,1-3H3/t22-,28-,32?/m0/s1. The van der Waals surface area contributed by atoms with Gasteiger partial charge in [-0.25, -0.2) is 0 Å². The van der Waals surface area contributed by atoms with Gasteiger partial charge < -0.3 is 25.0 Å². The number of nitrogens with zero attached hydrogens (tertiary/aromatic N) is 2. The van der Waals surface area contributed by atoms with E-state index in [1.807, 2.05) is 24.1 Å². The molecule has 6 rings (SSSR count). The van der Waals surface area contributed by atoms with Crippen LogP contribution in [0.5, 0.6) is 5.75 Å². The molecule has 2 saturated heterocycles. The Morgan fingerprint density at radius 1 is 1.12 bits per heavy atom. The molecule has 3 aliphatic rings. The average molecular weight is 544 g/mol. The molecule has 3 aliphatic heterocycles. The summed E-state index contributed by atoms with van der Waals surface area (Å²) in [4.78, 5) is 18.7. The number of epoxide rings is 1. The molecule has 0 aromatic heterocycles. The highest BCUT2D eigenvalue weighted by Gasteiger charge is 2.52. The Bertz CT molecular complexity index is 1370. The van der Waals surface area contributed by atoms with Crippen LogP contribution in [0.3, 0.4) is 0 Å². The SMILES string of the molecule is CN[C@@H](C)C1(N[C@H]2CCc3ccccc3N(Cc3c(OC)ccc4cc(CN5CCNCC5)ccc34)C2=O)CO1. The highest BCUT2D eigenvalue weighted by atomic mass is 16.6. The largest absolute Gasteiger partial charge is 0.496 e. The van der Waals surface area contributed by atoms with Gasteiger partial charge in [0.25, 0.3) is 0 Å². The number of methoxy groups -OCH3 is 1. The third-order valence-corrected chi connectivity index (χ3v) is 8.86. The molecule has 3 aromatic carbocycles. The molecular formula is C32H41N5O3. The van der Waals surface area contributed by atoms with Crippen LogP contribution in [-0.2, 0) is 29.0 Å². The number of rotatable bonds is 9. The molecule has 0 aliphatic carbocycles. The Balaban J connectivity index is 1.33. The smallest absolute Gasteiger partial charge is 0.244 e. The first-order chi connectivity index (χ1) is 19.5. The lowest BCUT2D eigenvalue weighted by Gasteiger charge is -2.30. The number of piperazine rings is 1. The van der Waals surface area contributed by atoms with Gasteiger partial charge in [-0.15, -0.1) is 0 Å². The van der Waals surface area contributed by atoms with Crippen LogP contribution in [0.1, 0.15) is 30.0 Å². The second kappa shape index (κ2) is 11.5. The third-order valence-electron chi connectivity index (χ3n) is 8.86. The van der Waals surface area contributed by atoms with Crippen molar-refractivity contribution < 1.29 is 14.3 Å². The molecule has 212 valence electrons. The van der Waals surface area contributed by atoms with E-state index in [2.05, 4.69) is 70.2 Å². The number of benzene rings is 3. The second-order valence-corrected chi connectivity index (χ2v) is 11.3. The molecule has 1 unspecified atom stereocenters. The summed E-state index contributed by atoms with van der Waals surface area (Å²) in [5.41, 5.74) is 3.98. The number of anilines is 1. The van der Waals surface area contributed by atoms with E-state index in [0.29, 0.717) is 13.2 Å².